The van der Waals surface area contributed by atoms with Crippen LogP contribution in [-0.4, -0.2) is 68.5 Å². The van der Waals surface area contributed by atoms with E-state index in [1.54, 1.807) is 7.05 Å². The van der Waals surface area contributed by atoms with E-state index in [0.29, 0.717) is 19.1 Å². The van der Waals surface area contributed by atoms with Gasteiger partial charge >= 0.3 is 6.09 Å². The molecule has 0 aromatic heterocycles. The van der Waals surface area contributed by atoms with Gasteiger partial charge < -0.3 is 25.0 Å². The third-order valence-electron chi connectivity index (χ3n) is 3.70. The number of carbonyl (C=O) groups excluding carboxylic acids is 1. The van der Waals surface area contributed by atoms with Crippen LogP contribution in [0.3, 0.4) is 0 Å². The second kappa shape index (κ2) is 11.2. The molecule has 0 heterocycles. The number of rotatable bonds is 10. The molecule has 25 heavy (non-hydrogen) atoms. The average molecular weight is 357 g/mol. The summed E-state index contributed by atoms with van der Waals surface area (Å²) in [5.74, 6) is 0.761. The van der Waals surface area contributed by atoms with Crippen molar-refractivity contribution in [1.29, 1.82) is 0 Å². The summed E-state index contributed by atoms with van der Waals surface area (Å²) >= 11 is 0. The van der Waals surface area contributed by atoms with Gasteiger partial charge in [-0.2, -0.15) is 0 Å². The van der Waals surface area contributed by atoms with Gasteiger partial charge in [0.25, 0.3) is 0 Å². The molecule has 0 spiro atoms. The second-order valence-corrected chi connectivity index (χ2v) is 7.23. The summed E-state index contributed by atoms with van der Waals surface area (Å²) in [6.07, 6.45) is 3.97. The van der Waals surface area contributed by atoms with Crippen molar-refractivity contribution in [2.45, 2.75) is 65.0 Å². The van der Waals surface area contributed by atoms with Crippen molar-refractivity contribution in [3.05, 3.63) is 0 Å². The van der Waals surface area contributed by atoms with Crippen LogP contribution in [-0.2, 0) is 9.47 Å². The first kappa shape index (κ1) is 21.5. The minimum atomic E-state index is -0.462. The Morgan fingerprint density at radius 2 is 1.88 bits per heavy atom. The van der Waals surface area contributed by atoms with Crippen LogP contribution < -0.4 is 10.6 Å². The Morgan fingerprint density at radius 1 is 1.20 bits per heavy atom. The summed E-state index contributed by atoms with van der Waals surface area (Å²) in [5, 5.41) is 6.54. The second-order valence-electron chi connectivity index (χ2n) is 7.23. The minimum Gasteiger partial charge on any atom is -0.444 e. The fourth-order valence-corrected chi connectivity index (χ4v) is 2.33. The first-order valence-electron chi connectivity index (χ1n) is 9.39. The Kier molecular flexibility index (Phi) is 9.63. The lowest BCUT2D eigenvalue weighted by Crippen LogP contribution is -2.45. The lowest BCUT2D eigenvalue weighted by atomic mass is 10.2. The van der Waals surface area contributed by atoms with E-state index in [4.69, 9.17) is 9.47 Å². The van der Waals surface area contributed by atoms with Crippen LogP contribution in [0.1, 0.15) is 53.4 Å². The summed E-state index contributed by atoms with van der Waals surface area (Å²) in [5.41, 5.74) is -0.462. The quantitative estimate of drug-likeness (QED) is 0.357. The maximum atomic E-state index is 12.3. The van der Waals surface area contributed by atoms with Crippen molar-refractivity contribution >= 4 is 12.1 Å². The summed E-state index contributed by atoms with van der Waals surface area (Å²) < 4.78 is 10.8. The lowest BCUT2D eigenvalue weighted by molar-refractivity contribution is 0.0238. The normalized spacial score (nSPS) is 15.0. The molecule has 0 saturated heterocycles. The van der Waals surface area contributed by atoms with E-state index < -0.39 is 5.60 Å². The Hall–Kier alpha value is -1.50. The van der Waals surface area contributed by atoms with Gasteiger partial charge in [-0.15, -0.1) is 0 Å². The molecule has 0 aliphatic heterocycles. The molecule has 0 bridgehead atoms. The number of aliphatic imine (C=N–C) groups is 1. The monoisotopic (exact) mass is 356 g/mol. The van der Waals surface area contributed by atoms with E-state index in [1.165, 1.54) is 0 Å². The highest BCUT2D eigenvalue weighted by Gasteiger charge is 2.34. The van der Waals surface area contributed by atoms with Gasteiger partial charge in [-0.3, -0.25) is 4.99 Å². The van der Waals surface area contributed by atoms with Crippen molar-refractivity contribution < 1.29 is 14.3 Å². The summed E-state index contributed by atoms with van der Waals surface area (Å²) in [7, 11) is 1.75. The Balaban J connectivity index is 2.26. The van der Waals surface area contributed by atoms with Crippen molar-refractivity contribution in [3.8, 4) is 0 Å². The summed E-state index contributed by atoms with van der Waals surface area (Å²) in [4.78, 5) is 18.3. The van der Waals surface area contributed by atoms with Crippen molar-refractivity contribution in [2.75, 3.05) is 39.9 Å². The van der Waals surface area contributed by atoms with Gasteiger partial charge in [-0.1, -0.05) is 0 Å². The summed E-state index contributed by atoms with van der Waals surface area (Å²) in [6.45, 7) is 11.4. The van der Waals surface area contributed by atoms with Crippen molar-refractivity contribution in [1.82, 2.24) is 15.5 Å². The molecule has 1 amide bonds. The van der Waals surface area contributed by atoms with E-state index in [-0.39, 0.29) is 6.09 Å². The number of amides is 1. The molecule has 1 saturated carbocycles. The molecule has 1 rings (SSSR count). The van der Waals surface area contributed by atoms with Gasteiger partial charge in [-0.25, -0.2) is 4.79 Å². The van der Waals surface area contributed by atoms with Crippen molar-refractivity contribution in [3.63, 3.8) is 0 Å². The molecule has 7 heteroatoms. The number of guanidine groups is 1. The molecule has 0 aromatic carbocycles. The Bertz CT molecular complexity index is 417. The van der Waals surface area contributed by atoms with Gasteiger partial charge in [-0.05, 0) is 53.4 Å². The molecule has 146 valence electrons. The molecule has 0 unspecified atom stereocenters. The first-order chi connectivity index (χ1) is 11.9. The fourth-order valence-electron chi connectivity index (χ4n) is 2.33. The van der Waals surface area contributed by atoms with Crippen LogP contribution in [0.4, 0.5) is 4.79 Å². The molecular weight excluding hydrogens is 320 g/mol. The van der Waals surface area contributed by atoms with Crippen molar-refractivity contribution in [2.24, 2.45) is 4.99 Å². The number of nitrogens with zero attached hydrogens (tertiary/aromatic N) is 2. The number of ether oxygens (including phenoxy) is 2. The molecule has 1 fully saturated rings. The fraction of sp³-hybridized carbons (Fsp3) is 0.889. The number of hydrogen-bond acceptors (Lipinski definition) is 4. The SMILES string of the molecule is CCOCCCCNC(=NC)NCCN(C(=O)OC(C)(C)C)C1CC1. The molecule has 1 aliphatic carbocycles. The summed E-state index contributed by atoms with van der Waals surface area (Å²) in [6, 6.07) is 0.324. The highest BCUT2D eigenvalue weighted by Crippen LogP contribution is 2.27. The van der Waals surface area contributed by atoms with E-state index in [9.17, 15) is 4.79 Å². The van der Waals surface area contributed by atoms with Gasteiger partial charge in [0.05, 0.1) is 0 Å². The topological polar surface area (TPSA) is 75.2 Å². The van der Waals surface area contributed by atoms with Crippen LogP contribution in [0, 0.1) is 0 Å². The van der Waals surface area contributed by atoms with Crippen LogP contribution >= 0.6 is 0 Å². The number of unbranched alkanes of at least 4 members (excludes halogenated alkanes) is 1. The lowest BCUT2D eigenvalue weighted by Gasteiger charge is -2.27. The molecule has 1 aliphatic rings. The molecule has 7 nitrogen and oxygen atoms in total. The largest absolute Gasteiger partial charge is 0.444 e. The zero-order chi connectivity index (χ0) is 18.7. The maximum Gasteiger partial charge on any atom is 0.410 e. The van der Waals surface area contributed by atoms with Crippen LogP contribution in [0.15, 0.2) is 4.99 Å². The average Bonchev–Trinajstić information content (AvgIpc) is 3.35. The standard InChI is InChI=1S/C18H36N4O3/c1-6-24-14-8-7-11-20-16(19-5)21-12-13-22(15-9-10-15)17(23)25-18(2,3)4/h15H,6-14H2,1-5H3,(H2,19,20,21). The van der Waals surface area contributed by atoms with Crippen LogP contribution in [0.2, 0.25) is 0 Å². The van der Waals surface area contributed by atoms with Gasteiger partial charge in [0.2, 0.25) is 0 Å². The molecule has 0 radical (unpaired) electrons. The van der Waals surface area contributed by atoms with Crippen LogP contribution in [0.5, 0.6) is 0 Å². The van der Waals surface area contributed by atoms with Crippen LogP contribution in [0.25, 0.3) is 0 Å². The number of nitrogens with one attached hydrogen (secondary N) is 2. The van der Waals surface area contributed by atoms with Gasteiger partial charge in [0, 0.05) is 45.9 Å². The van der Waals surface area contributed by atoms with E-state index in [1.807, 2.05) is 32.6 Å². The third kappa shape index (κ3) is 10.2. The zero-order valence-electron chi connectivity index (χ0n) is 16.6. The highest BCUT2D eigenvalue weighted by molar-refractivity contribution is 5.79. The predicted octanol–water partition coefficient (Wildman–Crippen LogP) is 2.37. The highest BCUT2D eigenvalue weighted by atomic mass is 16.6. The first-order valence-corrected chi connectivity index (χ1v) is 9.39. The predicted molar refractivity (Wildman–Crippen MR) is 101 cm³/mol. The Morgan fingerprint density at radius 3 is 2.44 bits per heavy atom. The van der Waals surface area contributed by atoms with E-state index in [2.05, 4.69) is 15.6 Å². The zero-order valence-corrected chi connectivity index (χ0v) is 16.6. The molecule has 0 aromatic rings. The van der Waals surface area contributed by atoms with Gasteiger partial charge in [0.15, 0.2) is 5.96 Å². The Labute approximate surface area is 152 Å². The number of carbonyl (C=O) groups is 1. The van der Waals surface area contributed by atoms with E-state index >= 15 is 0 Å². The molecule has 0 atom stereocenters. The minimum absolute atomic E-state index is 0.226. The van der Waals surface area contributed by atoms with Gasteiger partial charge in [0.1, 0.15) is 5.60 Å². The smallest absolute Gasteiger partial charge is 0.410 e. The third-order valence-corrected chi connectivity index (χ3v) is 3.70. The molecule has 2 N–H and O–H groups in total. The number of hydrogen-bond donors (Lipinski definition) is 2. The molecular formula is C18H36N4O3. The maximum absolute atomic E-state index is 12.3. The van der Waals surface area contributed by atoms with E-state index in [0.717, 1.165) is 51.4 Å².